The minimum absolute atomic E-state index is 0.134. The molecule has 0 bridgehead atoms. The molecule has 0 aliphatic carbocycles. The Labute approximate surface area is 113 Å². The summed E-state index contributed by atoms with van der Waals surface area (Å²) in [4.78, 5) is 10.8. The molecule has 0 aromatic heterocycles. The molecule has 6 nitrogen and oxygen atoms in total. The zero-order valence-corrected chi connectivity index (χ0v) is 12.1. The van der Waals surface area contributed by atoms with Gasteiger partial charge in [-0.05, 0) is 37.1 Å². The number of amides is 1. The quantitative estimate of drug-likeness (QED) is 0.535. The summed E-state index contributed by atoms with van der Waals surface area (Å²) in [6.45, 7) is 5.40. The number of sulfonamides is 1. The molecule has 0 saturated heterocycles. The molecular weight excluding hydrogens is 266 g/mol. The van der Waals surface area contributed by atoms with E-state index < -0.39 is 10.0 Å². The van der Waals surface area contributed by atoms with E-state index in [0.29, 0.717) is 5.69 Å². The molecule has 1 amide bonds. The molecule has 0 heterocycles. The van der Waals surface area contributed by atoms with Crippen LogP contribution >= 0.6 is 0 Å². The van der Waals surface area contributed by atoms with Gasteiger partial charge in [-0.15, -0.1) is 0 Å². The lowest BCUT2D eigenvalue weighted by molar-refractivity contribution is -0.118. The Hall–Kier alpha value is -1.60. The summed E-state index contributed by atoms with van der Waals surface area (Å²) < 4.78 is 26.4. The highest BCUT2D eigenvalue weighted by Crippen LogP contribution is 2.21. The fraction of sp³-hybridized carbons (Fsp3) is 0.417. The molecule has 106 valence electrons. The topological polar surface area (TPSA) is 101 Å². The van der Waals surface area contributed by atoms with Crippen molar-refractivity contribution in [3.05, 3.63) is 23.3 Å². The van der Waals surface area contributed by atoms with Crippen molar-refractivity contribution in [1.82, 2.24) is 10.0 Å². The van der Waals surface area contributed by atoms with Crippen molar-refractivity contribution in [2.45, 2.75) is 25.7 Å². The van der Waals surface area contributed by atoms with Crippen LogP contribution in [0.3, 0.4) is 0 Å². The third-order valence-corrected chi connectivity index (χ3v) is 4.22. The standard InChI is InChI=1S/C12H19N3O3S/c1-8-6-11(7-12(13)9(8)2)19(17,18)15-5-4-14-10(3)16/h6-7,15H,4-5,13H2,1-3H3,(H,14,16). The van der Waals surface area contributed by atoms with E-state index in [1.54, 1.807) is 6.07 Å². The molecule has 0 aliphatic heterocycles. The highest BCUT2D eigenvalue weighted by Gasteiger charge is 2.15. The second-order valence-corrected chi connectivity index (χ2v) is 6.10. The van der Waals surface area contributed by atoms with Gasteiger partial charge in [0.15, 0.2) is 0 Å². The van der Waals surface area contributed by atoms with Gasteiger partial charge in [-0.25, -0.2) is 13.1 Å². The third-order valence-electron chi connectivity index (χ3n) is 2.78. The summed E-state index contributed by atoms with van der Waals surface area (Å²) >= 11 is 0. The summed E-state index contributed by atoms with van der Waals surface area (Å²) in [6, 6.07) is 3.01. The SMILES string of the molecule is CC(=O)NCCNS(=O)(=O)c1cc(C)c(C)c(N)c1. The molecular formula is C12H19N3O3S. The van der Waals surface area contributed by atoms with Crippen molar-refractivity contribution >= 4 is 21.6 Å². The summed E-state index contributed by atoms with van der Waals surface area (Å²) in [7, 11) is -3.60. The number of rotatable bonds is 5. The van der Waals surface area contributed by atoms with Crippen LogP contribution in [0.15, 0.2) is 17.0 Å². The largest absolute Gasteiger partial charge is 0.398 e. The number of aryl methyl sites for hydroxylation is 1. The normalized spacial score (nSPS) is 11.3. The number of carbonyl (C=O) groups excluding carboxylic acids is 1. The first kappa shape index (κ1) is 15.5. The average Bonchev–Trinajstić information content (AvgIpc) is 2.31. The van der Waals surface area contributed by atoms with E-state index in [0.717, 1.165) is 11.1 Å². The molecule has 4 N–H and O–H groups in total. The molecule has 1 aromatic rings. The number of nitrogens with two attached hydrogens (primary N) is 1. The van der Waals surface area contributed by atoms with Crippen LogP contribution < -0.4 is 15.8 Å². The molecule has 0 unspecified atom stereocenters. The Morgan fingerprint density at radius 3 is 2.42 bits per heavy atom. The van der Waals surface area contributed by atoms with Crippen molar-refractivity contribution in [1.29, 1.82) is 0 Å². The molecule has 0 spiro atoms. The summed E-state index contributed by atoms with van der Waals surface area (Å²) in [5.74, 6) is -0.199. The maximum Gasteiger partial charge on any atom is 0.240 e. The highest BCUT2D eigenvalue weighted by atomic mass is 32.2. The first-order valence-electron chi connectivity index (χ1n) is 5.85. The van der Waals surface area contributed by atoms with E-state index in [1.807, 2.05) is 13.8 Å². The van der Waals surface area contributed by atoms with Gasteiger partial charge in [0.1, 0.15) is 0 Å². The molecule has 0 aliphatic rings. The van der Waals surface area contributed by atoms with Crippen LogP contribution in [-0.2, 0) is 14.8 Å². The van der Waals surface area contributed by atoms with E-state index in [4.69, 9.17) is 5.73 Å². The Kier molecular flexibility index (Phi) is 4.90. The van der Waals surface area contributed by atoms with Crippen LogP contribution in [-0.4, -0.2) is 27.4 Å². The predicted molar refractivity (Wildman–Crippen MR) is 74.2 cm³/mol. The first-order valence-corrected chi connectivity index (χ1v) is 7.33. The number of carbonyl (C=O) groups is 1. The van der Waals surface area contributed by atoms with Gasteiger partial charge in [0.05, 0.1) is 4.90 Å². The Morgan fingerprint density at radius 2 is 1.89 bits per heavy atom. The van der Waals surface area contributed by atoms with Gasteiger partial charge in [-0.2, -0.15) is 0 Å². The van der Waals surface area contributed by atoms with Crippen molar-refractivity contribution in [3.63, 3.8) is 0 Å². The maximum atomic E-state index is 12.0. The zero-order chi connectivity index (χ0) is 14.6. The lowest BCUT2D eigenvalue weighted by atomic mass is 10.1. The van der Waals surface area contributed by atoms with E-state index >= 15 is 0 Å². The van der Waals surface area contributed by atoms with Crippen molar-refractivity contribution in [3.8, 4) is 0 Å². The number of nitrogens with one attached hydrogen (secondary N) is 2. The van der Waals surface area contributed by atoms with Gasteiger partial charge in [0, 0.05) is 25.7 Å². The van der Waals surface area contributed by atoms with Gasteiger partial charge >= 0.3 is 0 Å². The highest BCUT2D eigenvalue weighted by molar-refractivity contribution is 7.89. The molecule has 1 aromatic carbocycles. The minimum Gasteiger partial charge on any atom is -0.398 e. The molecule has 0 radical (unpaired) electrons. The van der Waals surface area contributed by atoms with Gasteiger partial charge in [-0.3, -0.25) is 4.79 Å². The Bertz CT molecular complexity index is 559. The lowest BCUT2D eigenvalue weighted by Gasteiger charge is -2.11. The van der Waals surface area contributed by atoms with Crippen LogP contribution in [0.2, 0.25) is 0 Å². The van der Waals surface area contributed by atoms with Crippen LogP contribution in [0.5, 0.6) is 0 Å². The molecule has 0 atom stereocenters. The monoisotopic (exact) mass is 285 g/mol. The van der Waals surface area contributed by atoms with Crippen molar-refractivity contribution in [2.24, 2.45) is 0 Å². The van der Waals surface area contributed by atoms with Crippen LogP contribution in [0.25, 0.3) is 0 Å². The van der Waals surface area contributed by atoms with E-state index in [1.165, 1.54) is 13.0 Å². The van der Waals surface area contributed by atoms with Crippen LogP contribution in [0.1, 0.15) is 18.1 Å². The van der Waals surface area contributed by atoms with Gasteiger partial charge in [0.25, 0.3) is 0 Å². The number of hydrogen-bond donors (Lipinski definition) is 3. The van der Waals surface area contributed by atoms with E-state index in [9.17, 15) is 13.2 Å². The van der Waals surface area contributed by atoms with Gasteiger partial charge < -0.3 is 11.1 Å². The smallest absolute Gasteiger partial charge is 0.240 e. The maximum absolute atomic E-state index is 12.0. The fourth-order valence-corrected chi connectivity index (χ4v) is 2.67. The molecule has 19 heavy (non-hydrogen) atoms. The second-order valence-electron chi connectivity index (χ2n) is 4.34. The summed E-state index contributed by atoms with van der Waals surface area (Å²) in [5.41, 5.74) is 7.90. The molecule has 1 rings (SSSR count). The lowest BCUT2D eigenvalue weighted by Crippen LogP contribution is -2.33. The number of benzene rings is 1. The third kappa shape index (κ3) is 4.22. The van der Waals surface area contributed by atoms with Crippen molar-refractivity contribution in [2.75, 3.05) is 18.8 Å². The number of anilines is 1. The fourth-order valence-electron chi connectivity index (χ4n) is 1.51. The average molecular weight is 285 g/mol. The van der Waals surface area contributed by atoms with Gasteiger partial charge in [0.2, 0.25) is 15.9 Å². The van der Waals surface area contributed by atoms with Crippen LogP contribution in [0, 0.1) is 13.8 Å². The summed E-state index contributed by atoms with van der Waals surface area (Å²) in [5, 5.41) is 2.51. The van der Waals surface area contributed by atoms with E-state index in [2.05, 4.69) is 10.0 Å². The Balaban J connectivity index is 2.80. The number of hydrogen-bond acceptors (Lipinski definition) is 4. The summed E-state index contributed by atoms with van der Waals surface area (Å²) in [6.07, 6.45) is 0. The van der Waals surface area contributed by atoms with E-state index in [-0.39, 0.29) is 23.9 Å². The van der Waals surface area contributed by atoms with Gasteiger partial charge in [-0.1, -0.05) is 0 Å². The number of nitrogen functional groups attached to an aromatic ring is 1. The molecule has 0 saturated carbocycles. The van der Waals surface area contributed by atoms with Crippen LogP contribution in [0.4, 0.5) is 5.69 Å². The predicted octanol–water partition coefficient (Wildman–Crippen LogP) is 0.300. The van der Waals surface area contributed by atoms with Crippen molar-refractivity contribution < 1.29 is 13.2 Å². The second kappa shape index (κ2) is 6.03. The minimum atomic E-state index is -3.60. The first-order chi connectivity index (χ1) is 8.74. The molecule has 0 fully saturated rings. The molecule has 7 heteroatoms. The zero-order valence-electron chi connectivity index (χ0n) is 11.3. The Morgan fingerprint density at radius 1 is 1.26 bits per heavy atom.